The van der Waals surface area contributed by atoms with E-state index in [1.807, 2.05) is 0 Å². The molecule has 98 valence electrons. The Bertz CT molecular complexity index is 200. The molecule has 0 fully saturated rings. The molecule has 0 atom stereocenters. The van der Waals surface area contributed by atoms with Gasteiger partial charge in [0.1, 0.15) is 0 Å². The molecule has 1 heteroatoms. The monoisotopic (exact) mass is 235 g/mol. The quantitative estimate of drug-likeness (QED) is 0.311. The van der Waals surface area contributed by atoms with Crippen molar-refractivity contribution in [3.05, 3.63) is 12.2 Å². The molecular weight excluding hydrogens is 206 g/mol. The Morgan fingerprint density at radius 1 is 0.765 bits per heavy atom. The maximum absolute atomic E-state index is 8.38. The summed E-state index contributed by atoms with van der Waals surface area (Å²) in [5.74, 6) is 0. The van der Waals surface area contributed by atoms with Crippen LogP contribution in [-0.4, -0.2) is 0 Å². The Morgan fingerprint density at radius 3 is 1.82 bits per heavy atom. The topological polar surface area (TPSA) is 23.8 Å². The normalized spacial score (nSPS) is 10.8. The summed E-state index contributed by atoms with van der Waals surface area (Å²) in [5.41, 5.74) is 0. The van der Waals surface area contributed by atoms with Crippen molar-refractivity contribution < 1.29 is 0 Å². The summed E-state index contributed by atoms with van der Waals surface area (Å²) < 4.78 is 0. The lowest BCUT2D eigenvalue weighted by atomic mass is 10.1. The van der Waals surface area contributed by atoms with Crippen LogP contribution in [0.15, 0.2) is 12.2 Å². The molecule has 1 nitrogen and oxygen atoms in total. The molecule has 0 aliphatic carbocycles. The maximum Gasteiger partial charge on any atom is 0.0621 e. The minimum Gasteiger partial charge on any atom is -0.198 e. The zero-order valence-electron chi connectivity index (χ0n) is 11.6. The molecule has 0 saturated heterocycles. The van der Waals surface area contributed by atoms with E-state index >= 15 is 0 Å². The fourth-order valence-electron chi connectivity index (χ4n) is 1.92. The molecule has 0 unspecified atom stereocenters. The van der Waals surface area contributed by atoms with Gasteiger partial charge in [0, 0.05) is 6.42 Å². The first kappa shape index (κ1) is 16.2. The first-order valence-electron chi connectivity index (χ1n) is 7.43. The van der Waals surface area contributed by atoms with Crippen LogP contribution in [0.4, 0.5) is 0 Å². The molecule has 0 rings (SSSR count). The summed E-state index contributed by atoms with van der Waals surface area (Å²) in [5, 5.41) is 8.38. The Labute approximate surface area is 108 Å². The van der Waals surface area contributed by atoms with Crippen LogP contribution in [0.1, 0.15) is 84.0 Å². The molecule has 0 bridgehead atoms. The first-order valence-corrected chi connectivity index (χ1v) is 7.43. The van der Waals surface area contributed by atoms with Crippen LogP contribution < -0.4 is 0 Å². The molecule has 0 aromatic heterocycles. The summed E-state index contributed by atoms with van der Waals surface area (Å²) in [4.78, 5) is 0. The number of rotatable bonds is 12. The molecule has 0 saturated carbocycles. The van der Waals surface area contributed by atoms with Gasteiger partial charge in [-0.3, -0.25) is 0 Å². The standard InChI is InChI=1S/C16H29N/c1-2-3-4-5-6-7-8-9-10-11-12-13-14-15-16-17/h8-9H,2-7,10-15H2,1H3/b9-8+. The second kappa shape index (κ2) is 15.2. The Morgan fingerprint density at radius 2 is 1.29 bits per heavy atom. The van der Waals surface area contributed by atoms with Crippen molar-refractivity contribution in [1.82, 2.24) is 0 Å². The van der Waals surface area contributed by atoms with Crippen molar-refractivity contribution in [2.24, 2.45) is 0 Å². The molecule has 0 aliphatic heterocycles. The Balaban J connectivity index is 3.02. The van der Waals surface area contributed by atoms with E-state index in [2.05, 4.69) is 25.1 Å². The van der Waals surface area contributed by atoms with Crippen molar-refractivity contribution in [3.63, 3.8) is 0 Å². The second-order valence-electron chi connectivity index (χ2n) is 4.79. The SMILES string of the molecule is CCCCCCC/C=C/CCCCCCC#N. The van der Waals surface area contributed by atoms with Crippen molar-refractivity contribution in [3.8, 4) is 6.07 Å². The van der Waals surface area contributed by atoms with Gasteiger partial charge in [0.15, 0.2) is 0 Å². The lowest BCUT2D eigenvalue weighted by Gasteiger charge is -1.97. The van der Waals surface area contributed by atoms with Gasteiger partial charge < -0.3 is 0 Å². The predicted octanol–water partition coefficient (Wildman–Crippen LogP) is 5.77. The first-order chi connectivity index (χ1) is 8.41. The Hall–Kier alpha value is -0.770. The Kier molecular flexibility index (Phi) is 14.5. The highest BCUT2D eigenvalue weighted by molar-refractivity contribution is 4.81. The molecule has 0 spiro atoms. The zero-order chi connectivity index (χ0) is 12.6. The summed E-state index contributed by atoms with van der Waals surface area (Å²) in [6.45, 7) is 2.26. The van der Waals surface area contributed by atoms with E-state index in [9.17, 15) is 0 Å². The number of nitriles is 1. The molecule has 0 aromatic carbocycles. The van der Waals surface area contributed by atoms with Gasteiger partial charge in [-0.25, -0.2) is 0 Å². The highest BCUT2D eigenvalue weighted by atomic mass is 14.2. The molecule has 0 heterocycles. The van der Waals surface area contributed by atoms with Gasteiger partial charge in [-0.2, -0.15) is 5.26 Å². The van der Waals surface area contributed by atoms with Gasteiger partial charge in [-0.15, -0.1) is 0 Å². The summed E-state index contributed by atoms with van der Waals surface area (Å²) in [7, 11) is 0. The molecule has 0 aliphatic rings. The minimum atomic E-state index is 0.730. The van der Waals surface area contributed by atoms with Crippen LogP contribution in [0.5, 0.6) is 0 Å². The number of nitrogens with zero attached hydrogens (tertiary/aromatic N) is 1. The molecule has 0 aromatic rings. The second-order valence-corrected chi connectivity index (χ2v) is 4.79. The van der Waals surface area contributed by atoms with E-state index in [4.69, 9.17) is 5.26 Å². The third-order valence-electron chi connectivity index (χ3n) is 3.05. The number of hydrogen-bond acceptors (Lipinski definition) is 1. The molecule has 0 amide bonds. The van der Waals surface area contributed by atoms with Crippen LogP contribution >= 0.6 is 0 Å². The molecular formula is C16H29N. The summed E-state index contributed by atoms with van der Waals surface area (Å²) >= 11 is 0. The van der Waals surface area contributed by atoms with Crippen molar-refractivity contribution >= 4 is 0 Å². The minimum absolute atomic E-state index is 0.730. The van der Waals surface area contributed by atoms with E-state index in [1.54, 1.807) is 0 Å². The molecule has 17 heavy (non-hydrogen) atoms. The van der Waals surface area contributed by atoms with Gasteiger partial charge in [-0.1, -0.05) is 57.6 Å². The number of allylic oxidation sites excluding steroid dienone is 2. The third kappa shape index (κ3) is 15.2. The van der Waals surface area contributed by atoms with E-state index < -0.39 is 0 Å². The summed E-state index contributed by atoms with van der Waals surface area (Å²) in [6.07, 6.45) is 19.7. The molecule has 0 radical (unpaired) electrons. The van der Waals surface area contributed by atoms with Crippen LogP contribution in [-0.2, 0) is 0 Å². The van der Waals surface area contributed by atoms with E-state index in [0.717, 1.165) is 12.8 Å². The van der Waals surface area contributed by atoms with Gasteiger partial charge in [0.25, 0.3) is 0 Å². The van der Waals surface area contributed by atoms with Crippen molar-refractivity contribution in [1.29, 1.82) is 5.26 Å². The van der Waals surface area contributed by atoms with Gasteiger partial charge in [0.2, 0.25) is 0 Å². The highest BCUT2D eigenvalue weighted by Gasteiger charge is 1.89. The van der Waals surface area contributed by atoms with Crippen LogP contribution in [0.25, 0.3) is 0 Å². The fraction of sp³-hybridized carbons (Fsp3) is 0.812. The fourth-order valence-corrected chi connectivity index (χ4v) is 1.92. The van der Waals surface area contributed by atoms with E-state index in [0.29, 0.717) is 0 Å². The highest BCUT2D eigenvalue weighted by Crippen LogP contribution is 2.08. The largest absolute Gasteiger partial charge is 0.198 e. The average molecular weight is 235 g/mol. The van der Waals surface area contributed by atoms with Crippen molar-refractivity contribution in [2.45, 2.75) is 84.0 Å². The zero-order valence-corrected chi connectivity index (χ0v) is 11.6. The maximum atomic E-state index is 8.38. The van der Waals surface area contributed by atoms with Crippen LogP contribution in [0, 0.1) is 11.3 Å². The van der Waals surface area contributed by atoms with E-state index in [-0.39, 0.29) is 0 Å². The van der Waals surface area contributed by atoms with Crippen molar-refractivity contribution in [2.75, 3.05) is 0 Å². The predicted molar refractivity (Wildman–Crippen MR) is 75.8 cm³/mol. The third-order valence-corrected chi connectivity index (χ3v) is 3.05. The number of unbranched alkanes of at least 4 members (excludes halogenated alkanes) is 10. The van der Waals surface area contributed by atoms with E-state index in [1.165, 1.54) is 64.2 Å². The molecule has 0 N–H and O–H groups in total. The smallest absolute Gasteiger partial charge is 0.0621 e. The van der Waals surface area contributed by atoms with Crippen LogP contribution in [0.2, 0.25) is 0 Å². The number of hydrogen-bond donors (Lipinski definition) is 0. The van der Waals surface area contributed by atoms with Gasteiger partial charge >= 0.3 is 0 Å². The van der Waals surface area contributed by atoms with Gasteiger partial charge in [-0.05, 0) is 32.1 Å². The summed E-state index contributed by atoms with van der Waals surface area (Å²) in [6, 6.07) is 2.19. The van der Waals surface area contributed by atoms with Gasteiger partial charge in [0.05, 0.1) is 6.07 Å². The van der Waals surface area contributed by atoms with Crippen LogP contribution in [0.3, 0.4) is 0 Å². The lowest BCUT2D eigenvalue weighted by molar-refractivity contribution is 0.635. The lowest BCUT2D eigenvalue weighted by Crippen LogP contribution is -1.78. The average Bonchev–Trinajstić information content (AvgIpc) is 2.35.